The number of carbonyl (C=O) groups excluding carboxylic acids is 1. The maximum absolute atomic E-state index is 12.9. The molecule has 1 aliphatic rings. The summed E-state index contributed by atoms with van der Waals surface area (Å²) in [6, 6.07) is 10.9. The van der Waals surface area contributed by atoms with Crippen LogP contribution in [0.1, 0.15) is 48.3 Å². The maximum Gasteiger partial charge on any atom is 0.168 e. The van der Waals surface area contributed by atoms with Crippen LogP contribution < -0.4 is 4.90 Å². The first-order valence-corrected chi connectivity index (χ1v) is 10.4. The Morgan fingerprint density at radius 1 is 1.17 bits per heavy atom. The predicted octanol–water partition coefficient (Wildman–Crippen LogP) is 2.59. The van der Waals surface area contributed by atoms with Crippen molar-refractivity contribution in [3.8, 4) is 0 Å². The lowest BCUT2D eigenvalue weighted by Crippen LogP contribution is -2.36. The molecule has 0 aliphatic carbocycles. The van der Waals surface area contributed by atoms with Crippen LogP contribution in [0.25, 0.3) is 5.65 Å². The summed E-state index contributed by atoms with van der Waals surface area (Å²) in [4.78, 5) is 19.7. The third-order valence-electron chi connectivity index (χ3n) is 5.85. The zero-order valence-corrected chi connectivity index (χ0v) is 17.5. The Morgan fingerprint density at radius 2 is 1.87 bits per heavy atom. The second kappa shape index (κ2) is 8.16. The lowest BCUT2D eigenvalue weighted by molar-refractivity contribution is 0.0784. The number of fused-ring (bicyclic) bond motifs is 1. The molecule has 4 rings (SSSR count). The van der Waals surface area contributed by atoms with Gasteiger partial charge >= 0.3 is 0 Å². The van der Waals surface area contributed by atoms with E-state index in [0.29, 0.717) is 17.2 Å². The van der Waals surface area contributed by atoms with Crippen LogP contribution in [0.3, 0.4) is 0 Å². The van der Waals surface area contributed by atoms with E-state index < -0.39 is 5.60 Å². The van der Waals surface area contributed by atoms with E-state index in [-0.39, 0.29) is 18.8 Å². The summed E-state index contributed by atoms with van der Waals surface area (Å²) in [5.74, 6) is 1.27. The van der Waals surface area contributed by atoms with Gasteiger partial charge < -0.3 is 15.1 Å². The Hall–Kier alpha value is -2.77. The molecule has 1 fully saturated rings. The zero-order chi connectivity index (χ0) is 21.3. The average molecular weight is 409 g/mol. The third-order valence-corrected chi connectivity index (χ3v) is 5.85. The number of aromatic nitrogens is 3. The third kappa shape index (κ3) is 4.22. The van der Waals surface area contributed by atoms with Gasteiger partial charge in [0.2, 0.25) is 0 Å². The van der Waals surface area contributed by atoms with Crippen LogP contribution in [0.4, 0.5) is 5.82 Å². The summed E-state index contributed by atoms with van der Waals surface area (Å²) >= 11 is 0. The lowest BCUT2D eigenvalue weighted by atomic mass is 9.96. The molecular weight excluding hydrogens is 380 g/mol. The number of hydrogen-bond donors (Lipinski definition) is 2. The molecule has 0 bridgehead atoms. The number of hydrogen-bond acceptors (Lipinski definition) is 6. The van der Waals surface area contributed by atoms with Crippen LogP contribution in [0.15, 0.2) is 42.6 Å². The Morgan fingerprint density at radius 3 is 2.50 bits per heavy atom. The highest BCUT2D eigenvalue weighted by Crippen LogP contribution is 2.25. The number of nitrogens with zero attached hydrogens (tertiary/aromatic N) is 4. The lowest BCUT2D eigenvalue weighted by Gasteiger charge is -2.32. The summed E-state index contributed by atoms with van der Waals surface area (Å²) in [6.45, 7) is 5.36. The minimum absolute atomic E-state index is 0.0152. The van der Waals surface area contributed by atoms with Crippen molar-refractivity contribution in [2.24, 2.45) is 5.92 Å². The van der Waals surface area contributed by atoms with Crippen LogP contribution in [0, 0.1) is 5.92 Å². The van der Waals surface area contributed by atoms with Crippen LogP contribution >= 0.6 is 0 Å². The molecule has 158 valence electrons. The van der Waals surface area contributed by atoms with Gasteiger partial charge in [-0.1, -0.05) is 24.3 Å². The molecular formula is C23H28N4O3. The second-order valence-electron chi connectivity index (χ2n) is 8.56. The number of ketones is 1. The van der Waals surface area contributed by atoms with Crippen LogP contribution in [0.5, 0.6) is 0 Å². The van der Waals surface area contributed by atoms with Gasteiger partial charge in [-0.25, -0.2) is 4.98 Å². The average Bonchev–Trinajstić information content (AvgIpc) is 3.21. The zero-order valence-electron chi connectivity index (χ0n) is 17.5. The molecule has 1 aromatic carbocycles. The molecule has 1 saturated heterocycles. The fourth-order valence-electron chi connectivity index (χ4n) is 3.94. The van der Waals surface area contributed by atoms with E-state index in [0.717, 1.165) is 43.0 Å². The number of aliphatic hydroxyl groups is 2. The van der Waals surface area contributed by atoms with Crippen molar-refractivity contribution in [1.29, 1.82) is 0 Å². The smallest absolute Gasteiger partial charge is 0.168 e. The van der Waals surface area contributed by atoms with Gasteiger partial charge in [0, 0.05) is 37.4 Å². The van der Waals surface area contributed by atoms with Gasteiger partial charge in [-0.2, -0.15) is 9.61 Å². The normalized spacial score (nSPS) is 15.7. The highest BCUT2D eigenvalue weighted by molar-refractivity contribution is 5.97. The quantitative estimate of drug-likeness (QED) is 0.609. The molecule has 0 atom stereocenters. The van der Waals surface area contributed by atoms with Crippen molar-refractivity contribution in [3.05, 3.63) is 59.4 Å². The fraction of sp³-hybridized carbons (Fsp3) is 0.435. The van der Waals surface area contributed by atoms with Crippen molar-refractivity contribution in [1.82, 2.24) is 14.6 Å². The van der Waals surface area contributed by atoms with Gasteiger partial charge in [0.15, 0.2) is 11.4 Å². The molecule has 0 radical (unpaired) electrons. The Labute approximate surface area is 176 Å². The van der Waals surface area contributed by atoms with Gasteiger partial charge in [0.25, 0.3) is 0 Å². The van der Waals surface area contributed by atoms with Crippen molar-refractivity contribution in [3.63, 3.8) is 0 Å². The maximum atomic E-state index is 12.9. The largest absolute Gasteiger partial charge is 0.396 e. The number of anilines is 1. The van der Waals surface area contributed by atoms with Gasteiger partial charge in [-0.3, -0.25) is 4.79 Å². The van der Waals surface area contributed by atoms with Crippen LogP contribution in [-0.2, 0) is 12.0 Å². The summed E-state index contributed by atoms with van der Waals surface area (Å²) in [7, 11) is 0. The first-order valence-electron chi connectivity index (χ1n) is 10.4. The summed E-state index contributed by atoms with van der Waals surface area (Å²) in [5, 5.41) is 23.9. The number of piperidine rings is 1. The minimum Gasteiger partial charge on any atom is -0.396 e. The standard InChI is InChI=1S/C23H28N4O3/c1-23(2,30)18-5-3-17(4-6-18)20(29)13-19-14-22(27-21(25-19)7-10-24-27)26-11-8-16(15-28)9-12-26/h3-7,10,14,16,28,30H,8-9,11-13,15H2,1-2H3. The number of rotatable bonds is 6. The summed E-state index contributed by atoms with van der Waals surface area (Å²) < 4.78 is 1.81. The number of aliphatic hydroxyl groups excluding tert-OH is 1. The van der Waals surface area contributed by atoms with Crippen LogP contribution in [0.2, 0.25) is 0 Å². The fourth-order valence-corrected chi connectivity index (χ4v) is 3.94. The Kier molecular flexibility index (Phi) is 5.58. The SMILES string of the molecule is CC(C)(O)c1ccc(C(=O)Cc2cc(N3CCC(CO)CC3)n3nccc3n2)cc1. The number of Topliss-reactive ketones (excluding diaryl/α,β-unsaturated/α-hetero) is 1. The van der Waals surface area contributed by atoms with E-state index in [2.05, 4.69) is 15.0 Å². The van der Waals surface area contributed by atoms with E-state index in [1.54, 1.807) is 44.3 Å². The molecule has 2 aromatic heterocycles. The first kappa shape index (κ1) is 20.5. The van der Waals surface area contributed by atoms with Crippen LogP contribution in [-0.4, -0.2) is 50.3 Å². The molecule has 3 aromatic rings. The molecule has 0 spiro atoms. The number of carbonyl (C=O) groups is 1. The Bertz CT molecular complexity index is 1030. The molecule has 3 heterocycles. The van der Waals surface area contributed by atoms with Gasteiger partial charge in [-0.15, -0.1) is 0 Å². The van der Waals surface area contributed by atoms with Crippen molar-refractivity contribution in [2.45, 2.75) is 38.7 Å². The van der Waals surface area contributed by atoms with E-state index in [4.69, 9.17) is 0 Å². The second-order valence-corrected chi connectivity index (χ2v) is 8.56. The molecule has 0 unspecified atom stereocenters. The molecule has 1 aliphatic heterocycles. The topological polar surface area (TPSA) is 91.0 Å². The highest BCUT2D eigenvalue weighted by Gasteiger charge is 2.22. The summed E-state index contributed by atoms with van der Waals surface area (Å²) in [5.41, 5.74) is 1.86. The minimum atomic E-state index is -0.936. The number of benzene rings is 1. The first-order chi connectivity index (χ1) is 14.3. The predicted molar refractivity (Wildman–Crippen MR) is 115 cm³/mol. The van der Waals surface area contributed by atoms with E-state index in [1.165, 1.54) is 0 Å². The van der Waals surface area contributed by atoms with E-state index >= 15 is 0 Å². The van der Waals surface area contributed by atoms with Gasteiger partial charge in [0.1, 0.15) is 5.82 Å². The molecule has 7 heteroatoms. The Balaban J connectivity index is 1.56. The molecule has 0 saturated carbocycles. The van der Waals surface area contributed by atoms with Gasteiger partial charge in [0.05, 0.1) is 23.9 Å². The highest BCUT2D eigenvalue weighted by atomic mass is 16.3. The molecule has 0 amide bonds. The molecule has 7 nitrogen and oxygen atoms in total. The van der Waals surface area contributed by atoms with E-state index in [9.17, 15) is 15.0 Å². The van der Waals surface area contributed by atoms with Crippen molar-refractivity contribution < 1.29 is 15.0 Å². The molecule has 2 N–H and O–H groups in total. The summed E-state index contributed by atoms with van der Waals surface area (Å²) in [6.07, 6.45) is 3.78. The van der Waals surface area contributed by atoms with E-state index in [1.807, 2.05) is 16.6 Å². The molecule has 30 heavy (non-hydrogen) atoms. The van der Waals surface area contributed by atoms with Gasteiger partial charge in [-0.05, 0) is 38.2 Å². The van der Waals surface area contributed by atoms with Crippen molar-refractivity contribution in [2.75, 3.05) is 24.6 Å². The monoisotopic (exact) mass is 408 g/mol. The van der Waals surface area contributed by atoms with Crippen molar-refractivity contribution >= 4 is 17.2 Å².